The number of ether oxygens (including phenoxy) is 2. The van der Waals surface area contributed by atoms with E-state index in [4.69, 9.17) is 9.47 Å². The minimum atomic E-state index is -0.529. The number of benzene rings is 7. The monoisotopic (exact) mass is 701 g/mol. The number of fused-ring (bicyclic) bond motifs is 4. The molecule has 0 unspecified atom stereocenters. The maximum absolute atomic E-state index is 6.59. The quantitative estimate of drug-likeness (QED) is 0.165. The van der Waals surface area contributed by atoms with Crippen LogP contribution in [0.2, 0.25) is 0 Å². The van der Waals surface area contributed by atoms with Crippen molar-refractivity contribution >= 4 is 27.7 Å². The van der Waals surface area contributed by atoms with Gasteiger partial charge in [0.15, 0.2) is 11.5 Å². The molecule has 0 amide bonds. The topological polar surface area (TPSA) is 21.7 Å². The van der Waals surface area contributed by atoms with Gasteiger partial charge in [-0.05, 0) is 62.7 Å². The van der Waals surface area contributed by atoms with Gasteiger partial charge in [-0.2, -0.15) is 0 Å². The van der Waals surface area contributed by atoms with Gasteiger partial charge in [0, 0.05) is 11.3 Å². The number of rotatable bonds is 7. The third-order valence-corrected chi connectivity index (χ3v) is 11.7. The van der Waals surface area contributed by atoms with Crippen LogP contribution in [-0.4, -0.2) is 13.2 Å². The summed E-state index contributed by atoms with van der Waals surface area (Å²) in [5.74, 6) is 1.59. The first-order valence-electron chi connectivity index (χ1n) is 18.1. The maximum atomic E-state index is 6.59. The molecule has 0 saturated carbocycles. The van der Waals surface area contributed by atoms with Crippen molar-refractivity contribution in [2.75, 3.05) is 18.1 Å². The Labute approximate surface area is 314 Å². The van der Waals surface area contributed by atoms with Gasteiger partial charge < -0.3 is 9.47 Å². The predicted molar refractivity (Wildman–Crippen MR) is 218 cm³/mol. The molecule has 0 radical (unpaired) electrons. The van der Waals surface area contributed by atoms with Crippen molar-refractivity contribution in [1.29, 1.82) is 0 Å². The highest BCUT2D eigenvalue weighted by Gasteiger charge is 2.46. The zero-order chi connectivity index (χ0) is 35.2. The maximum Gasteiger partial charge on any atom is 0.197 e. The Morgan fingerprint density at radius 2 is 0.981 bits per heavy atom. The highest BCUT2D eigenvalue weighted by molar-refractivity contribution is 7.20. The van der Waals surface area contributed by atoms with Crippen LogP contribution in [0, 0.1) is 0 Å². The molecule has 10 rings (SSSR count). The van der Waals surface area contributed by atoms with E-state index in [1.165, 1.54) is 33.4 Å². The Balaban J connectivity index is 1.28. The molecule has 0 saturated heterocycles. The molecule has 1 aliphatic carbocycles. The van der Waals surface area contributed by atoms with Crippen LogP contribution in [0.25, 0.3) is 32.7 Å². The van der Waals surface area contributed by atoms with Crippen molar-refractivity contribution in [3.05, 3.63) is 210 Å². The van der Waals surface area contributed by atoms with E-state index in [0.29, 0.717) is 13.2 Å². The van der Waals surface area contributed by atoms with Crippen LogP contribution in [0.1, 0.15) is 22.3 Å². The Hall–Kier alpha value is -6.36. The standard InChI is InChI=1S/C49H35NO2S/c1-5-17-34(18-6-1)39-25-14-16-28-44(39)50(48-46-45(51-31-32-52-46)47(53-48)35-19-7-2-8-20-35)38-29-30-41-40-26-13-15-27-42(40)49(43(41)33-38,36-21-9-3-10-22-36)37-23-11-4-12-24-37/h1-30,33H,31-32H2. The lowest BCUT2D eigenvalue weighted by Gasteiger charge is -2.35. The summed E-state index contributed by atoms with van der Waals surface area (Å²) < 4.78 is 13.0. The molecule has 7 aromatic carbocycles. The van der Waals surface area contributed by atoms with E-state index in [1.54, 1.807) is 11.3 Å². The molecular weight excluding hydrogens is 667 g/mol. The second-order valence-corrected chi connectivity index (χ2v) is 14.4. The van der Waals surface area contributed by atoms with E-state index < -0.39 is 5.41 Å². The fraction of sp³-hybridized carbons (Fsp3) is 0.0612. The van der Waals surface area contributed by atoms with Crippen LogP contribution in [0.4, 0.5) is 16.4 Å². The molecule has 3 nitrogen and oxygen atoms in total. The van der Waals surface area contributed by atoms with Crippen molar-refractivity contribution in [2.24, 2.45) is 0 Å². The number of nitrogens with zero attached hydrogens (tertiary/aromatic N) is 1. The number of thiophene rings is 1. The van der Waals surface area contributed by atoms with Gasteiger partial charge in [-0.25, -0.2) is 0 Å². The predicted octanol–water partition coefficient (Wildman–Crippen LogP) is 12.7. The summed E-state index contributed by atoms with van der Waals surface area (Å²) in [5, 5.41) is 0.988. The van der Waals surface area contributed by atoms with Gasteiger partial charge in [0.1, 0.15) is 18.2 Å². The molecule has 53 heavy (non-hydrogen) atoms. The minimum Gasteiger partial charge on any atom is -0.485 e. The number of para-hydroxylation sites is 1. The van der Waals surface area contributed by atoms with Crippen molar-refractivity contribution in [1.82, 2.24) is 0 Å². The van der Waals surface area contributed by atoms with E-state index in [2.05, 4.69) is 193 Å². The summed E-state index contributed by atoms with van der Waals surface area (Å²) in [7, 11) is 0. The average molecular weight is 702 g/mol. The van der Waals surface area contributed by atoms with Crippen LogP contribution in [-0.2, 0) is 5.41 Å². The van der Waals surface area contributed by atoms with E-state index in [-0.39, 0.29) is 0 Å². The Morgan fingerprint density at radius 3 is 1.66 bits per heavy atom. The Bertz CT molecular complexity index is 2520. The SMILES string of the molecule is c1ccc(-c2ccccc2N(c2ccc3c(c2)C(c2ccccc2)(c2ccccc2)c2ccccc2-3)c2sc(-c3ccccc3)c3c2OCCO3)cc1. The molecule has 0 N–H and O–H groups in total. The molecular formula is C49H35NO2S. The molecule has 4 heteroatoms. The van der Waals surface area contributed by atoms with Crippen LogP contribution in [0.3, 0.4) is 0 Å². The molecule has 1 aliphatic heterocycles. The van der Waals surface area contributed by atoms with Gasteiger partial charge in [0.05, 0.1) is 16.0 Å². The lowest BCUT2D eigenvalue weighted by Crippen LogP contribution is -2.28. The van der Waals surface area contributed by atoms with Gasteiger partial charge in [0.2, 0.25) is 0 Å². The molecule has 0 atom stereocenters. The summed E-state index contributed by atoms with van der Waals surface area (Å²) in [5.41, 5.74) is 12.5. The Kier molecular flexibility index (Phi) is 7.70. The van der Waals surface area contributed by atoms with Crippen LogP contribution < -0.4 is 14.4 Å². The van der Waals surface area contributed by atoms with E-state index >= 15 is 0 Å². The first-order chi connectivity index (χ1) is 26.3. The first kappa shape index (κ1) is 31.4. The molecule has 1 aromatic heterocycles. The highest BCUT2D eigenvalue weighted by Crippen LogP contribution is 2.60. The van der Waals surface area contributed by atoms with E-state index in [9.17, 15) is 0 Å². The minimum absolute atomic E-state index is 0.490. The first-order valence-corrected chi connectivity index (χ1v) is 18.9. The highest BCUT2D eigenvalue weighted by atomic mass is 32.1. The summed E-state index contributed by atoms with van der Waals surface area (Å²) in [6.45, 7) is 1.00. The summed E-state index contributed by atoms with van der Waals surface area (Å²) in [4.78, 5) is 3.46. The molecule has 8 aromatic rings. The van der Waals surface area contributed by atoms with E-state index in [1.807, 2.05) is 0 Å². The van der Waals surface area contributed by atoms with Crippen LogP contribution in [0.5, 0.6) is 11.5 Å². The summed E-state index contributed by atoms with van der Waals surface area (Å²) in [6, 6.07) is 67.8. The third kappa shape index (κ3) is 5.02. The number of hydrogen-bond acceptors (Lipinski definition) is 4. The molecule has 0 fully saturated rings. The fourth-order valence-corrected chi connectivity index (χ4v) is 9.56. The third-order valence-electron chi connectivity index (χ3n) is 10.6. The molecule has 2 heterocycles. The fourth-order valence-electron chi connectivity index (χ4n) is 8.33. The smallest absolute Gasteiger partial charge is 0.197 e. The van der Waals surface area contributed by atoms with Gasteiger partial charge in [-0.3, -0.25) is 4.90 Å². The molecule has 0 spiro atoms. The molecule has 2 aliphatic rings. The van der Waals surface area contributed by atoms with Crippen LogP contribution >= 0.6 is 11.3 Å². The number of anilines is 3. The lowest BCUT2D eigenvalue weighted by molar-refractivity contribution is 0.175. The van der Waals surface area contributed by atoms with Crippen molar-refractivity contribution in [3.8, 4) is 44.2 Å². The second kappa shape index (κ2) is 13.0. The average Bonchev–Trinajstić information content (AvgIpc) is 3.77. The largest absolute Gasteiger partial charge is 0.485 e. The normalized spacial score (nSPS) is 13.6. The van der Waals surface area contributed by atoms with Gasteiger partial charge in [0.25, 0.3) is 0 Å². The zero-order valence-electron chi connectivity index (χ0n) is 29.0. The van der Waals surface area contributed by atoms with Gasteiger partial charge >= 0.3 is 0 Å². The Morgan fingerprint density at radius 1 is 0.453 bits per heavy atom. The summed E-state index contributed by atoms with van der Waals surface area (Å²) >= 11 is 1.72. The summed E-state index contributed by atoms with van der Waals surface area (Å²) in [6.07, 6.45) is 0. The molecule has 254 valence electrons. The van der Waals surface area contributed by atoms with Crippen LogP contribution in [0.15, 0.2) is 188 Å². The van der Waals surface area contributed by atoms with Crippen molar-refractivity contribution in [2.45, 2.75) is 5.41 Å². The lowest BCUT2D eigenvalue weighted by atomic mass is 9.67. The van der Waals surface area contributed by atoms with Gasteiger partial charge in [-0.15, -0.1) is 11.3 Å². The van der Waals surface area contributed by atoms with E-state index in [0.717, 1.165) is 49.4 Å². The van der Waals surface area contributed by atoms with Gasteiger partial charge in [-0.1, -0.05) is 170 Å². The molecule has 0 bridgehead atoms. The van der Waals surface area contributed by atoms with Crippen molar-refractivity contribution in [3.63, 3.8) is 0 Å². The van der Waals surface area contributed by atoms with Crippen molar-refractivity contribution < 1.29 is 9.47 Å². The second-order valence-electron chi connectivity index (χ2n) is 13.4. The zero-order valence-corrected chi connectivity index (χ0v) is 29.8. The number of hydrogen-bond donors (Lipinski definition) is 0.